The van der Waals surface area contributed by atoms with E-state index in [1.165, 1.54) is 0 Å². The Balaban J connectivity index is 1.99. The summed E-state index contributed by atoms with van der Waals surface area (Å²) in [7, 11) is 0. The summed E-state index contributed by atoms with van der Waals surface area (Å²) in [6.45, 7) is 1.14. The van der Waals surface area contributed by atoms with Crippen molar-refractivity contribution in [3.63, 3.8) is 0 Å². The summed E-state index contributed by atoms with van der Waals surface area (Å²) in [6, 6.07) is 9.24. The maximum Gasteiger partial charge on any atom is 0.339 e. The van der Waals surface area contributed by atoms with Crippen LogP contribution in [0.4, 0.5) is 13.2 Å². The first-order valence-corrected chi connectivity index (χ1v) is 7.08. The summed E-state index contributed by atoms with van der Waals surface area (Å²) in [4.78, 5) is 10.9. The van der Waals surface area contributed by atoms with E-state index in [0.29, 0.717) is 6.61 Å². The summed E-state index contributed by atoms with van der Waals surface area (Å²) in [5.74, 6) is -7.26. The second-order valence-electron chi connectivity index (χ2n) is 4.96. The Bertz CT molecular complexity index is 703. The quantitative estimate of drug-likeness (QED) is 0.617. The molecule has 128 valence electrons. The van der Waals surface area contributed by atoms with Crippen LogP contribution in [0.25, 0.3) is 0 Å². The van der Waals surface area contributed by atoms with Crippen molar-refractivity contribution in [3.05, 3.63) is 64.5 Å². The molecule has 7 heteroatoms. The van der Waals surface area contributed by atoms with Crippen LogP contribution in [0.15, 0.2) is 30.3 Å². The van der Waals surface area contributed by atoms with Gasteiger partial charge in [0.25, 0.3) is 0 Å². The van der Waals surface area contributed by atoms with Gasteiger partial charge in [0.15, 0.2) is 17.4 Å². The molecule has 1 N–H and O–H groups in total. The lowest BCUT2D eigenvalue weighted by Crippen LogP contribution is -2.14. The average Bonchev–Trinajstić information content (AvgIpc) is 2.56. The van der Waals surface area contributed by atoms with Crippen LogP contribution in [0.2, 0.25) is 0 Å². The molecule has 0 spiro atoms. The van der Waals surface area contributed by atoms with Gasteiger partial charge in [-0.2, -0.15) is 4.39 Å². The van der Waals surface area contributed by atoms with Crippen molar-refractivity contribution in [2.75, 3.05) is 13.2 Å². The minimum absolute atomic E-state index is 0.0229. The molecule has 0 heterocycles. The number of benzene rings is 2. The van der Waals surface area contributed by atoms with Crippen LogP contribution in [0.1, 0.15) is 21.5 Å². The Morgan fingerprint density at radius 1 is 1.04 bits per heavy atom. The number of hydrogen-bond donors (Lipinski definition) is 1. The van der Waals surface area contributed by atoms with Crippen molar-refractivity contribution in [1.82, 2.24) is 0 Å². The monoisotopic (exact) mass is 340 g/mol. The summed E-state index contributed by atoms with van der Waals surface area (Å²) >= 11 is 0. The number of ether oxygens (including phenoxy) is 2. The third-order valence-electron chi connectivity index (χ3n) is 3.31. The lowest BCUT2D eigenvalue weighted by molar-refractivity contribution is 0.0687. The van der Waals surface area contributed by atoms with E-state index in [-0.39, 0.29) is 13.2 Å². The summed E-state index contributed by atoms with van der Waals surface area (Å²) in [5, 5.41) is 8.81. The zero-order valence-electron chi connectivity index (χ0n) is 12.8. The standard InChI is InChI=1S/C17H15F3O4/c1-10-12(17(21)22)14(19)15(20)16(13(10)18)24-8-7-23-9-11-5-3-2-4-6-11/h2-6H,7-9H2,1H3,(H,21,22). The van der Waals surface area contributed by atoms with Crippen molar-refractivity contribution in [3.8, 4) is 5.75 Å². The molecule has 2 aromatic carbocycles. The molecule has 0 radical (unpaired) electrons. The molecule has 24 heavy (non-hydrogen) atoms. The third kappa shape index (κ3) is 3.86. The first kappa shape index (κ1) is 17.8. The van der Waals surface area contributed by atoms with Crippen molar-refractivity contribution in [2.45, 2.75) is 13.5 Å². The van der Waals surface area contributed by atoms with E-state index in [4.69, 9.17) is 14.6 Å². The number of carboxylic acids is 1. The van der Waals surface area contributed by atoms with Gasteiger partial charge >= 0.3 is 5.97 Å². The average molecular weight is 340 g/mol. The summed E-state index contributed by atoms with van der Waals surface area (Å²) < 4.78 is 51.7. The molecule has 2 aromatic rings. The Labute approximate surface area is 136 Å². The fourth-order valence-electron chi connectivity index (χ4n) is 2.10. The number of hydrogen-bond acceptors (Lipinski definition) is 3. The van der Waals surface area contributed by atoms with Gasteiger partial charge in [-0.1, -0.05) is 30.3 Å². The fraction of sp³-hybridized carbons (Fsp3) is 0.235. The van der Waals surface area contributed by atoms with Gasteiger partial charge in [0.2, 0.25) is 5.82 Å². The smallest absolute Gasteiger partial charge is 0.339 e. The van der Waals surface area contributed by atoms with E-state index >= 15 is 0 Å². The molecule has 0 saturated carbocycles. The fourth-order valence-corrected chi connectivity index (χ4v) is 2.10. The minimum Gasteiger partial charge on any atom is -0.485 e. The van der Waals surface area contributed by atoms with E-state index in [1.54, 1.807) is 0 Å². The number of aromatic carboxylic acids is 1. The van der Waals surface area contributed by atoms with Gasteiger partial charge in [-0.25, -0.2) is 13.6 Å². The highest BCUT2D eigenvalue weighted by molar-refractivity contribution is 5.90. The molecule has 0 atom stereocenters. The minimum atomic E-state index is -1.75. The maximum absolute atomic E-state index is 14.0. The molecule has 0 aliphatic carbocycles. The number of rotatable bonds is 7. The van der Waals surface area contributed by atoms with E-state index in [0.717, 1.165) is 12.5 Å². The highest BCUT2D eigenvalue weighted by Gasteiger charge is 2.27. The normalized spacial score (nSPS) is 10.7. The molecule has 0 aliphatic rings. The topological polar surface area (TPSA) is 55.8 Å². The second-order valence-corrected chi connectivity index (χ2v) is 4.96. The lowest BCUT2D eigenvalue weighted by Gasteiger charge is -2.13. The Morgan fingerprint density at radius 3 is 2.33 bits per heavy atom. The van der Waals surface area contributed by atoms with Gasteiger partial charge in [-0.3, -0.25) is 0 Å². The molecule has 4 nitrogen and oxygen atoms in total. The number of carbonyl (C=O) groups is 1. The summed E-state index contributed by atoms with van der Waals surface area (Å²) in [5.41, 5.74) is -0.651. The highest BCUT2D eigenvalue weighted by atomic mass is 19.2. The third-order valence-corrected chi connectivity index (χ3v) is 3.31. The van der Waals surface area contributed by atoms with E-state index in [9.17, 15) is 18.0 Å². The predicted molar refractivity (Wildman–Crippen MR) is 79.6 cm³/mol. The Hall–Kier alpha value is -2.54. The molecule has 0 unspecified atom stereocenters. The Morgan fingerprint density at radius 2 is 1.71 bits per heavy atom. The molecule has 2 rings (SSSR count). The van der Waals surface area contributed by atoms with Gasteiger partial charge in [0.05, 0.1) is 13.2 Å². The van der Waals surface area contributed by atoms with Crippen molar-refractivity contribution < 1.29 is 32.5 Å². The van der Waals surface area contributed by atoms with E-state index in [2.05, 4.69) is 0 Å². The van der Waals surface area contributed by atoms with Gasteiger partial charge in [0, 0.05) is 5.56 Å². The predicted octanol–water partition coefficient (Wildman–Crippen LogP) is 3.71. The van der Waals surface area contributed by atoms with Crippen LogP contribution in [0.5, 0.6) is 5.75 Å². The van der Waals surface area contributed by atoms with Crippen LogP contribution in [0.3, 0.4) is 0 Å². The second kappa shape index (κ2) is 7.83. The molecule has 0 aliphatic heterocycles. The highest BCUT2D eigenvalue weighted by Crippen LogP contribution is 2.30. The van der Waals surface area contributed by atoms with Crippen LogP contribution < -0.4 is 4.74 Å². The molecule has 0 amide bonds. The molecule has 0 saturated heterocycles. The molecular weight excluding hydrogens is 325 g/mol. The summed E-state index contributed by atoms with van der Waals surface area (Å²) in [6.07, 6.45) is 0. The van der Waals surface area contributed by atoms with Crippen molar-refractivity contribution >= 4 is 5.97 Å². The zero-order chi connectivity index (χ0) is 17.7. The van der Waals surface area contributed by atoms with Crippen LogP contribution in [0, 0.1) is 24.4 Å². The van der Waals surface area contributed by atoms with Gasteiger partial charge in [-0.05, 0) is 12.5 Å². The molecule has 0 aromatic heterocycles. The van der Waals surface area contributed by atoms with Gasteiger partial charge in [0.1, 0.15) is 12.2 Å². The van der Waals surface area contributed by atoms with E-state index < -0.39 is 40.3 Å². The first-order chi connectivity index (χ1) is 11.4. The number of carboxylic acid groups (broad SMARTS) is 1. The largest absolute Gasteiger partial charge is 0.485 e. The molecular formula is C17H15F3O4. The van der Waals surface area contributed by atoms with E-state index in [1.807, 2.05) is 30.3 Å². The zero-order valence-corrected chi connectivity index (χ0v) is 12.8. The van der Waals surface area contributed by atoms with Crippen LogP contribution >= 0.6 is 0 Å². The number of halogens is 3. The van der Waals surface area contributed by atoms with Crippen molar-refractivity contribution in [2.24, 2.45) is 0 Å². The van der Waals surface area contributed by atoms with Crippen molar-refractivity contribution in [1.29, 1.82) is 0 Å². The van der Waals surface area contributed by atoms with Crippen LogP contribution in [-0.4, -0.2) is 24.3 Å². The molecule has 0 bridgehead atoms. The van der Waals surface area contributed by atoms with Crippen LogP contribution in [-0.2, 0) is 11.3 Å². The molecule has 0 fully saturated rings. The van der Waals surface area contributed by atoms with Gasteiger partial charge < -0.3 is 14.6 Å². The lowest BCUT2D eigenvalue weighted by atomic mass is 10.1. The SMILES string of the molecule is Cc1c(F)c(OCCOCc2ccccc2)c(F)c(F)c1C(=O)O. The maximum atomic E-state index is 14.0. The van der Waals surface area contributed by atoms with Gasteiger partial charge in [-0.15, -0.1) is 0 Å². The Kier molecular flexibility index (Phi) is 5.81. The first-order valence-electron chi connectivity index (χ1n) is 7.08.